The minimum absolute atomic E-state index is 0. The first-order chi connectivity index (χ1) is 10.9. The van der Waals surface area contributed by atoms with Crippen LogP contribution < -0.4 is 74.6 Å². The third-order valence-corrected chi connectivity index (χ3v) is 3.71. The summed E-state index contributed by atoms with van der Waals surface area (Å²) in [6.45, 7) is -2.28. The fraction of sp³-hybridized carbons (Fsp3) is 0.308. The molecule has 9 nitrogen and oxygen atoms in total. The number of rotatable bonds is 4. The first kappa shape index (κ1) is 22.6. The summed E-state index contributed by atoms with van der Waals surface area (Å²) in [4.78, 5) is 11.6. The molecule has 2 heterocycles. The van der Waals surface area contributed by atoms with Crippen molar-refractivity contribution in [1.29, 1.82) is 0 Å². The predicted molar refractivity (Wildman–Crippen MR) is 78.2 cm³/mol. The van der Waals surface area contributed by atoms with Crippen molar-refractivity contribution in [3.05, 3.63) is 29.5 Å². The molecule has 0 atom stereocenters. The summed E-state index contributed by atoms with van der Waals surface area (Å²) in [6.07, 6.45) is 1.86. The van der Waals surface area contributed by atoms with Crippen molar-refractivity contribution in [2.24, 2.45) is 5.73 Å². The first-order valence-corrected chi connectivity index (χ1v) is 7.18. The van der Waals surface area contributed by atoms with Gasteiger partial charge in [-0.1, -0.05) is 23.7 Å². The molecule has 122 valence electrons. The number of carbonyl (C=O) groups is 1. The van der Waals surface area contributed by atoms with Gasteiger partial charge in [0, 0.05) is 17.7 Å². The molecule has 1 aromatic heterocycles. The minimum atomic E-state index is -3.08. The number of aromatic carboxylic acids is 1. The number of carboxylic acids is 1. The van der Waals surface area contributed by atoms with Crippen LogP contribution in [0.2, 0.25) is 6.32 Å². The van der Waals surface area contributed by atoms with E-state index in [1.54, 1.807) is 18.3 Å². The number of benzene rings is 1. The van der Waals surface area contributed by atoms with Crippen LogP contribution in [0.15, 0.2) is 18.3 Å². The number of hydrogen-bond donors (Lipinski definition) is 3. The van der Waals surface area contributed by atoms with Crippen LogP contribution >= 0.6 is 0 Å². The van der Waals surface area contributed by atoms with E-state index in [2.05, 4.69) is 10.3 Å². The standard InChI is InChI=1S/C13H16BN4O5.2Na/c15-5-6-18-7-10(16-17-18)9-2-1-8-3-4-14(21,22)23-12(8)11(9)13(19)20;;/h1-2,7,21-22H,3-6,15H2,(H,19,20);;/q-1;2*+1/p-1. The molecule has 0 spiro atoms. The first-order valence-electron chi connectivity index (χ1n) is 7.18. The van der Waals surface area contributed by atoms with Crippen molar-refractivity contribution in [3.8, 4) is 17.0 Å². The van der Waals surface area contributed by atoms with Crippen molar-refractivity contribution >= 4 is 12.7 Å². The number of carbonyl (C=O) groups excluding carboxylic acids is 1. The van der Waals surface area contributed by atoms with Crippen molar-refractivity contribution in [1.82, 2.24) is 15.0 Å². The second-order valence-corrected chi connectivity index (χ2v) is 5.43. The van der Waals surface area contributed by atoms with Crippen LogP contribution in [-0.2, 0) is 13.0 Å². The van der Waals surface area contributed by atoms with E-state index in [0.29, 0.717) is 30.8 Å². The van der Waals surface area contributed by atoms with Gasteiger partial charge in [-0.05, 0) is 12.0 Å². The molecule has 0 bridgehead atoms. The third kappa shape index (κ3) is 4.85. The van der Waals surface area contributed by atoms with Gasteiger partial charge in [0.15, 0.2) is 0 Å². The molecule has 0 radical (unpaired) electrons. The molecule has 25 heavy (non-hydrogen) atoms. The number of aromatic nitrogens is 3. The molecule has 3 rings (SSSR count). The third-order valence-electron chi connectivity index (χ3n) is 3.71. The van der Waals surface area contributed by atoms with Crippen molar-refractivity contribution < 1.29 is 83.7 Å². The Morgan fingerprint density at radius 2 is 2.12 bits per heavy atom. The molecule has 1 aromatic carbocycles. The Hall–Kier alpha value is -0.425. The minimum Gasteiger partial charge on any atom is -0.669 e. The molecule has 0 aliphatic carbocycles. The Labute approximate surface area is 188 Å². The van der Waals surface area contributed by atoms with Crippen LogP contribution in [0.1, 0.15) is 15.9 Å². The molecule has 0 saturated heterocycles. The summed E-state index contributed by atoms with van der Waals surface area (Å²) < 4.78 is 6.59. The van der Waals surface area contributed by atoms with Crippen molar-refractivity contribution in [2.75, 3.05) is 6.54 Å². The molecule has 2 aromatic rings. The van der Waals surface area contributed by atoms with Gasteiger partial charge in [0.05, 0.1) is 24.5 Å². The summed E-state index contributed by atoms with van der Waals surface area (Å²) in [5.74, 6) is -1.58. The fourth-order valence-electron chi connectivity index (χ4n) is 2.63. The average molecular weight is 364 g/mol. The van der Waals surface area contributed by atoms with Gasteiger partial charge in [0.25, 0.3) is 0 Å². The van der Waals surface area contributed by atoms with E-state index in [0.717, 1.165) is 0 Å². The van der Waals surface area contributed by atoms with Crippen LogP contribution in [0, 0.1) is 0 Å². The van der Waals surface area contributed by atoms with E-state index in [9.17, 15) is 19.9 Å². The summed E-state index contributed by atoms with van der Waals surface area (Å²) in [5.41, 5.74) is 6.29. The van der Waals surface area contributed by atoms with Gasteiger partial charge >= 0.3 is 65.9 Å². The monoisotopic (exact) mass is 364 g/mol. The number of aryl methyl sites for hydroxylation is 1. The maximum Gasteiger partial charge on any atom is 1.00 e. The van der Waals surface area contributed by atoms with E-state index >= 15 is 0 Å². The number of nitrogens with two attached hydrogens (primary N) is 1. The zero-order chi connectivity index (χ0) is 16.6. The SMILES string of the molecule is NCCn1cc(-c2ccc3c(c2C(=O)[O-])O[B-](O)(O)CC3)nn1.[Na+].[Na+]. The maximum absolute atomic E-state index is 11.6. The maximum atomic E-state index is 11.6. The Bertz CT molecular complexity index is 771. The zero-order valence-corrected chi connectivity index (χ0v) is 18.2. The van der Waals surface area contributed by atoms with Gasteiger partial charge < -0.3 is 30.3 Å². The second kappa shape index (κ2) is 8.98. The Balaban J connectivity index is 0.00000156. The van der Waals surface area contributed by atoms with Gasteiger partial charge in [0.2, 0.25) is 0 Å². The molecular weight excluding hydrogens is 349 g/mol. The largest absolute Gasteiger partial charge is 1.00 e. The van der Waals surface area contributed by atoms with E-state index in [1.807, 2.05) is 0 Å². The molecule has 1 aliphatic heterocycles. The topological polar surface area (TPSA) is 147 Å². The molecule has 0 saturated carbocycles. The number of nitrogens with zero attached hydrogens (tertiary/aromatic N) is 3. The molecule has 0 fully saturated rings. The quantitative estimate of drug-likeness (QED) is 0.454. The molecule has 0 amide bonds. The molecule has 0 unspecified atom stereocenters. The van der Waals surface area contributed by atoms with Crippen LogP contribution in [0.3, 0.4) is 0 Å². The van der Waals surface area contributed by atoms with Gasteiger partial charge in [-0.15, -0.1) is 5.10 Å². The van der Waals surface area contributed by atoms with Gasteiger partial charge in [0.1, 0.15) is 5.69 Å². The summed E-state index contributed by atoms with van der Waals surface area (Å²) in [7, 11) is 0. The number of fused-ring (bicyclic) bond motifs is 1. The van der Waals surface area contributed by atoms with E-state index in [-0.39, 0.29) is 82.3 Å². The van der Waals surface area contributed by atoms with Crippen LogP contribution in [-0.4, -0.2) is 44.3 Å². The van der Waals surface area contributed by atoms with Crippen molar-refractivity contribution in [3.63, 3.8) is 0 Å². The zero-order valence-electron chi connectivity index (χ0n) is 14.2. The fourth-order valence-corrected chi connectivity index (χ4v) is 2.63. The smallest absolute Gasteiger partial charge is 0.669 e. The number of carboxylic acid groups (broad SMARTS) is 1. The number of hydrogen-bond acceptors (Lipinski definition) is 8. The predicted octanol–water partition coefficient (Wildman–Crippen LogP) is -7.87. The Morgan fingerprint density at radius 3 is 2.76 bits per heavy atom. The van der Waals surface area contributed by atoms with E-state index in [4.69, 9.17) is 10.4 Å². The van der Waals surface area contributed by atoms with E-state index in [1.165, 1.54) is 4.68 Å². The molecule has 4 N–H and O–H groups in total. The van der Waals surface area contributed by atoms with Crippen LogP contribution in [0.4, 0.5) is 0 Å². The van der Waals surface area contributed by atoms with Crippen LogP contribution in [0.25, 0.3) is 11.3 Å². The van der Waals surface area contributed by atoms with Crippen molar-refractivity contribution in [2.45, 2.75) is 19.3 Å². The van der Waals surface area contributed by atoms with Gasteiger partial charge in [-0.3, -0.25) is 4.68 Å². The van der Waals surface area contributed by atoms with E-state index < -0.39 is 12.7 Å². The normalized spacial score (nSPS) is 14.5. The Morgan fingerprint density at radius 1 is 1.40 bits per heavy atom. The molecule has 12 heteroatoms. The Kier molecular flexibility index (Phi) is 8.12. The van der Waals surface area contributed by atoms with Gasteiger partial charge in [-0.2, -0.15) is 0 Å². The second-order valence-electron chi connectivity index (χ2n) is 5.43. The summed E-state index contributed by atoms with van der Waals surface area (Å²) >= 11 is 0. The summed E-state index contributed by atoms with van der Waals surface area (Å²) in [6, 6.07) is 3.25. The molecular formula is C13H15BN4Na2O5. The average Bonchev–Trinajstić information content (AvgIpc) is 2.93. The van der Waals surface area contributed by atoms with Gasteiger partial charge in [-0.25, -0.2) is 0 Å². The molecule has 1 aliphatic rings. The summed E-state index contributed by atoms with van der Waals surface area (Å²) in [5, 5.41) is 38.8. The van der Waals surface area contributed by atoms with Crippen LogP contribution in [0.5, 0.6) is 5.75 Å².